The molecule has 0 aliphatic carbocycles. The van der Waals surface area contributed by atoms with Crippen LogP contribution in [0.25, 0.3) is 0 Å². The van der Waals surface area contributed by atoms with Gasteiger partial charge < -0.3 is 15.4 Å². The highest BCUT2D eigenvalue weighted by Crippen LogP contribution is 2.13. The second-order valence-electron chi connectivity index (χ2n) is 5.22. The molecule has 0 heterocycles. The Balaban J connectivity index is 4.01. The molecule has 0 bridgehead atoms. The highest BCUT2D eigenvalue weighted by molar-refractivity contribution is 5.68. The van der Waals surface area contributed by atoms with Gasteiger partial charge in [-0.3, -0.25) is 0 Å². The molecular formula is C12H26N2O2. The van der Waals surface area contributed by atoms with E-state index in [-0.39, 0.29) is 12.1 Å². The van der Waals surface area contributed by atoms with Gasteiger partial charge in [0, 0.05) is 13.1 Å². The van der Waals surface area contributed by atoms with Crippen molar-refractivity contribution in [1.29, 1.82) is 0 Å². The smallest absolute Gasteiger partial charge is 0.410 e. The summed E-state index contributed by atoms with van der Waals surface area (Å²) < 4.78 is 5.29. The number of carbonyl (C=O) groups is 1. The molecule has 16 heavy (non-hydrogen) atoms. The molecular weight excluding hydrogens is 204 g/mol. The van der Waals surface area contributed by atoms with Crippen LogP contribution in [-0.4, -0.2) is 36.2 Å². The molecule has 4 nitrogen and oxygen atoms in total. The summed E-state index contributed by atoms with van der Waals surface area (Å²) in [5, 5.41) is 0. The Bertz CT molecular complexity index is 212. The average molecular weight is 230 g/mol. The molecule has 0 aliphatic rings. The fourth-order valence-electron chi connectivity index (χ4n) is 1.29. The third-order valence-corrected chi connectivity index (χ3v) is 2.42. The zero-order valence-electron chi connectivity index (χ0n) is 11.2. The Morgan fingerprint density at radius 1 is 1.38 bits per heavy atom. The number of carbonyl (C=O) groups excluding carboxylic acids is 1. The van der Waals surface area contributed by atoms with E-state index in [0.29, 0.717) is 6.54 Å². The minimum absolute atomic E-state index is 0.196. The molecule has 96 valence electrons. The lowest BCUT2D eigenvalue weighted by Gasteiger charge is -2.28. The van der Waals surface area contributed by atoms with Crippen molar-refractivity contribution < 1.29 is 9.53 Å². The van der Waals surface area contributed by atoms with E-state index in [9.17, 15) is 4.79 Å². The molecule has 1 atom stereocenters. The molecule has 0 aromatic carbocycles. The van der Waals surface area contributed by atoms with E-state index >= 15 is 0 Å². The maximum atomic E-state index is 11.7. The van der Waals surface area contributed by atoms with E-state index in [1.165, 1.54) is 0 Å². The van der Waals surface area contributed by atoms with Gasteiger partial charge in [-0.2, -0.15) is 0 Å². The third-order valence-electron chi connectivity index (χ3n) is 2.42. The SMILES string of the molecule is CC(CCCCN)N(C)C(=O)OC(C)(C)C. The summed E-state index contributed by atoms with van der Waals surface area (Å²) >= 11 is 0. The zero-order chi connectivity index (χ0) is 12.8. The molecule has 0 aliphatic heterocycles. The third kappa shape index (κ3) is 6.67. The number of unbranched alkanes of at least 4 members (excludes halogenated alkanes) is 1. The lowest BCUT2D eigenvalue weighted by atomic mass is 10.1. The lowest BCUT2D eigenvalue weighted by molar-refractivity contribution is 0.0228. The summed E-state index contributed by atoms with van der Waals surface area (Å²) in [5.74, 6) is 0. The largest absolute Gasteiger partial charge is 0.444 e. The number of nitrogens with zero attached hydrogens (tertiary/aromatic N) is 1. The van der Waals surface area contributed by atoms with Crippen LogP contribution in [0.1, 0.15) is 47.0 Å². The van der Waals surface area contributed by atoms with Crippen LogP contribution in [0.3, 0.4) is 0 Å². The number of hydrogen-bond donors (Lipinski definition) is 1. The van der Waals surface area contributed by atoms with E-state index in [0.717, 1.165) is 19.3 Å². The molecule has 0 saturated carbocycles. The summed E-state index contributed by atoms with van der Waals surface area (Å²) in [6, 6.07) is 0.196. The maximum Gasteiger partial charge on any atom is 0.410 e. The summed E-state index contributed by atoms with van der Waals surface area (Å²) in [6.45, 7) is 8.36. The van der Waals surface area contributed by atoms with Crippen LogP contribution in [0.2, 0.25) is 0 Å². The van der Waals surface area contributed by atoms with Gasteiger partial charge in [0.25, 0.3) is 0 Å². The topological polar surface area (TPSA) is 55.6 Å². The molecule has 0 aromatic rings. The molecule has 0 aromatic heterocycles. The van der Waals surface area contributed by atoms with Gasteiger partial charge in [-0.05, 0) is 47.1 Å². The Labute approximate surface area is 99.1 Å². The van der Waals surface area contributed by atoms with Crippen LogP contribution in [0.15, 0.2) is 0 Å². The van der Waals surface area contributed by atoms with Gasteiger partial charge in [0.15, 0.2) is 0 Å². The first-order chi connectivity index (χ1) is 7.28. The number of ether oxygens (including phenoxy) is 1. The van der Waals surface area contributed by atoms with Gasteiger partial charge in [0.1, 0.15) is 5.60 Å². The highest BCUT2D eigenvalue weighted by atomic mass is 16.6. The highest BCUT2D eigenvalue weighted by Gasteiger charge is 2.22. The average Bonchev–Trinajstić information content (AvgIpc) is 2.14. The van der Waals surface area contributed by atoms with Gasteiger partial charge in [0.05, 0.1) is 0 Å². The number of hydrogen-bond acceptors (Lipinski definition) is 3. The predicted octanol–water partition coefficient (Wildman–Crippen LogP) is 2.37. The molecule has 0 saturated heterocycles. The molecule has 0 spiro atoms. The van der Waals surface area contributed by atoms with Crippen molar-refractivity contribution in [2.45, 2.75) is 58.6 Å². The predicted molar refractivity (Wildman–Crippen MR) is 66.4 cm³/mol. The monoisotopic (exact) mass is 230 g/mol. The van der Waals surface area contributed by atoms with Crippen molar-refractivity contribution >= 4 is 6.09 Å². The van der Waals surface area contributed by atoms with Crippen molar-refractivity contribution in [3.05, 3.63) is 0 Å². The van der Waals surface area contributed by atoms with Crippen molar-refractivity contribution in [2.75, 3.05) is 13.6 Å². The van der Waals surface area contributed by atoms with Crippen LogP contribution < -0.4 is 5.73 Å². The van der Waals surface area contributed by atoms with Gasteiger partial charge in [-0.25, -0.2) is 4.79 Å². The van der Waals surface area contributed by atoms with Crippen LogP contribution >= 0.6 is 0 Å². The fourth-order valence-corrected chi connectivity index (χ4v) is 1.29. The Morgan fingerprint density at radius 2 is 1.94 bits per heavy atom. The second-order valence-corrected chi connectivity index (χ2v) is 5.22. The Morgan fingerprint density at radius 3 is 2.38 bits per heavy atom. The number of rotatable bonds is 5. The minimum atomic E-state index is -0.428. The Hall–Kier alpha value is -0.770. The molecule has 1 amide bonds. The lowest BCUT2D eigenvalue weighted by Crippen LogP contribution is -2.39. The second kappa shape index (κ2) is 6.74. The van der Waals surface area contributed by atoms with Crippen LogP contribution in [-0.2, 0) is 4.74 Å². The van der Waals surface area contributed by atoms with Crippen LogP contribution in [0, 0.1) is 0 Å². The molecule has 2 N–H and O–H groups in total. The molecule has 0 fully saturated rings. The first-order valence-corrected chi connectivity index (χ1v) is 5.94. The number of nitrogens with two attached hydrogens (primary N) is 1. The van der Waals surface area contributed by atoms with E-state index in [4.69, 9.17) is 10.5 Å². The normalized spacial score (nSPS) is 13.4. The first kappa shape index (κ1) is 15.2. The van der Waals surface area contributed by atoms with E-state index in [1.54, 1.807) is 11.9 Å². The summed E-state index contributed by atoms with van der Waals surface area (Å²) in [7, 11) is 1.78. The Kier molecular flexibility index (Phi) is 6.41. The molecule has 0 rings (SSSR count). The zero-order valence-corrected chi connectivity index (χ0v) is 11.2. The van der Waals surface area contributed by atoms with Gasteiger partial charge in [-0.1, -0.05) is 6.42 Å². The van der Waals surface area contributed by atoms with E-state index < -0.39 is 5.60 Å². The van der Waals surface area contributed by atoms with Crippen molar-refractivity contribution in [3.8, 4) is 0 Å². The first-order valence-electron chi connectivity index (χ1n) is 5.94. The summed E-state index contributed by atoms with van der Waals surface area (Å²) in [4.78, 5) is 13.4. The van der Waals surface area contributed by atoms with E-state index in [1.807, 2.05) is 27.7 Å². The van der Waals surface area contributed by atoms with Gasteiger partial charge in [0.2, 0.25) is 0 Å². The molecule has 0 radical (unpaired) electrons. The van der Waals surface area contributed by atoms with Crippen LogP contribution in [0.5, 0.6) is 0 Å². The quantitative estimate of drug-likeness (QED) is 0.738. The maximum absolute atomic E-state index is 11.7. The summed E-state index contributed by atoms with van der Waals surface area (Å²) in [6.07, 6.45) is 2.76. The van der Waals surface area contributed by atoms with Crippen molar-refractivity contribution in [2.24, 2.45) is 5.73 Å². The van der Waals surface area contributed by atoms with E-state index in [2.05, 4.69) is 0 Å². The number of amides is 1. The fraction of sp³-hybridized carbons (Fsp3) is 0.917. The minimum Gasteiger partial charge on any atom is -0.444 e. The standard InChI is InChI=1S/C12H26N2O2/c1-10(8-6-7-9-13)14(5)11(15)16-12(2,3)4/h10H,6-9,13H2,1-5H3. The molecule has 1 unspecified atom stereocenters. The molecule has 4 heteroatoms. The van der Waals surface area contributed by atoms with Gasteiger partial charge in [-0.15, -0.1) is 0 Å². The van der Waals surface area contributed by atoms with Crippen LogP contribution in [0.4, 0.5) is 4.79 Å². The van der Waals surface area contributed by atoms with Gasteiger partial charge >= 0.3 is 6.09 Å². The van der Waals surface area contributed by atoms with Crippen molar-refractivity contribution in [3.63, 3.8) is 0 Å². The summed E-state index contributed by atoms with van der Waals surface area (Å²) in [5.41, 5.74) is 5.00. The van der Waals surface area contributed by atoms with Crippen molar-refractivity contribution in [1.82, 2.24) is 4.90 Å².